The Morgan fingerprint density at radius 2 is 2.06 bits per heavy atom. The van der Waals surface area contributed by atoms with E-state index >= 15 is 0 Å². The van der Waals surface area contributed by atoms with E-state index in [1.54, 1.807) is 11.3 Å². The molecule has 2 heterocycles. The molecule has 0 aromatic carbocycles. The third-order valence-electron chi connectivity index (χ3n) is 2.90. The van der Waals surface area contributed by atoms with Gasteiger partial charge in [0.25, 0.3) is 0 Å². The van der Waals surface area contributed by atoms with Crippen molar-refractivity contribution in [3.63, 3.8) is 0 Å². The van der Waals surface area contributed by atoms with E-state index in [-0.39, 0.29) is 6.04 Å². The van der Waals surface area contributed by atoms with Crippen LogP contribution >= 0.6 is 11.3 Å². The smallest absolute Gasteiger partial charge is 0.106 e. The fourth-order valence-electron chi connectivity index (χ4n) is 2.00. The summed E-state index contributed by atoms with van der Waals surface area (Å²) in [5.41, 5.74) is 5.20. The van der Waals surface area contributed by atoms with Gasteiger partial charge in [-0.15, -0.1) is 11.3 Å². The van der Waals surface area contributed by atoms with E-state index in [0.29, 0.717) is 0 Å². The first-order valence-electron chi connectivity index (χ1n) is 5.21. The average Bonchev–Trinajstić information content (AvgIpc) is 2.84. The average molecular weight is 236 g/mol. The Hall–Kier alpha value is -1.10. The lowest BCUT2D eigenvalue weighted by atomic mass is 10.0. The van der Waals surface area contributed by atoms with Crippen molar-refractivity contribution in [2.45, 2.75) is 26.8 Å². The third kappa shape index (κ3) is 1.80. The standard InChI is InChI=1S/C12H16N2OS/c1-7-8(2)15-9(3)11(7)12(14-13)10-5-4-6-16-10/h4-6,12,14H,13H2,1-3H3. The van der Waals surface area contributed by atoms with Crippen molar-refractivity contribution in [2.24, 2.45) is 5.84 Å². The SMILES string of the molecule is Cc1oc(C)c(C(NN)c2cccs2)c1C. The number of hydrogen-bond acceptors (Lipinski definition) is 4. The van der Waals surface area contributed by atoms with Gasteiger partial charge < -0.3 is 4.42 Å². The molecule has 0 spiro atoms. The van der Waals surface area contributed by atoms with Gasteiger partial charge >= 0.3 is 0 Å². The number of nitrogens with two attached hydrogens (primary N) is 1. The summed E-state index contributed by atoms with van der Waals surface area (Å²) in [6.07, 6.45) is 0. The summed E-state index contributed by atoms with van der Waals surface area (Å²) in [7, 11) is 0. The number of nitrogens with one attached hydrogen (secondary N) is 1. The van der Waals surface area contributed by atoms with Crippen LogP contribution in [-0.4, -0.2) is 0 Å². The first-order valence-corrected chi connectivity index (χ1v) is 6.09. The molecule has 2 rings (SSSR count). The van der Waals surface area contributed by atoms with E-state index in [9.17, 15) is 0 Å². The molecule has 0 amide bonds. The van der Waals surface area contributed by atoms with Crippen molar-refractivity contribution in [1.29, 1.82) is 0 Å². The van der Waals surface area contributed by atoms with Gasteiger partial charge in [0.1, 0.15) is 11.5 Å². The van der Waals surface area contributed by atoms with Crippen LogP contribution in [0.3, 0.4) is 0 Å². The third-order valence-corrected chi connectivity index (χ3v) is 3.84. The second-order valence-corrected chi connectivity index (χ2v) is 4.85. The van der Waals surface area contributed by atoms with Crippen molar-refractivity contribution in [2.75, 3.05) is 0 Å². The maximum atomic E-state index is 5.66. The number of hydrogen-bond donors (Lipinski definition) is 2. The Morgan fingerprint density at radius 3 is 2.50 bits per heavy atom. The van der Waals surface area contributed by atoms with Gasteiger partial charge in [0, 0.05) is 10.4 Å². The second-order valence-electron chi connectivity index (χ2n) is 3.87. The van der Waals surface area contributed by atoms with E-state index in [1.165, 1.54) is 10.4 Å². The molecule has 0 aliphatic carbocycles. The minimum absolute atomic E-state index is 0.0254. The summed E-state index contributed by atoms with van der Waals surface area (Å²) in [6, 6.07) is 4.13. The zero-order valence-electron chi connectivity index (χ0n) is 9.70. The quantitative estimate of drug-likeness (QED) is 0.636. The normalized spacial score (nSPS) is 13.0. The lowest BCUT2D eigenvalue weighted by Crippen LogP contribution is -2.28. The molecule has 2 aromatic rings. The molecule has 2 aromatic heterocycles. The van der Waals surface area contributed by atoms with Crippen molar-refractivity contribution in [1.82, 2.24) is 5.43 Å². The molecule has 4 heteroatoms. The molecular weight excluding hydrogens is 220 g/mol. The Labute approximate surface area is 99.2 Å². The van der Waals surface area contributed by atoms with Gasteiger partial charge in [-0.25, -0.2) is 5.43 Å². The molecule has 0 aliphatic heterocycles. The highest BCUT2D eigenvalue weighted by Gasteiger charge is 2.22. The first kappa shape index (κ1) is 11.4. The van der Waals surface area contributed by atoms with Gasteiger partial charge in [-0.1, -0.05) is 6.07 Å². The molecule has 0 saturated carbocycles. The van der Waals surface area contributed by atoms with Crippen molar-refractivity contribution >= 4 is 11.3 Å². The highest BCUT2D eigenvalue weighted by atomic mass is 32.1. The van der Waals surface area contributed by atoms with Crippen LogP contribution in [-0.2, 0) is 0 Å². The molecule has 3 nitrogen and oxygen atoms in total. The number of hydrazine groups is 1. The summed E-state index contributed by atoms with van der Waals surface area (Å²) >= 11 is 1.69. The lowest BCUT2D eigenvalue weighted by molar-refractivity contribution is 0.494. The Kier molecular flexibility index (Phi) is 3.14. The predicted molar refractivity (Wildman–Crippen MR) is 66.4 cm³/mol. The van der Waals surface area contributed by atoms with Crippen LogP contribution in [0.2, 0.25) is 0 Å². The monoisotopic (exact) mass is 236 g/mol. The highest BCUT2D eigenvalue weighted by Crippen LogP contribution is 2.32. The molecule has 1 unspecified atom stereocenters. The minimum atomic E-state index is 0.0254. The summed E-state index contributed by atoms with van der Waals surface area (Å²) in [4.78, 5) is 1.20. The fourth-order valence-corrected chi connectivity index (χ4v) is 2.79. The van der Waals surface area contributed by atoms with Crippen molar-refractivity contribution < 1.29 is 4.42 Å². The van der Waals surface area contributed by atoms with Crippen LogP contribution in [0.5, 0.6) is 0 Å². The Morgan fingerprint density at radius 1 is 1.31 bits per heavy atom. The summed E-state index contributed by atoms with van der Waals surface area (Å²) < 4.78 is 5.64. The van der Waals surface area contributed by atoms with Gasteiger partial charge in [-0.05, 0) is 37.8 Å². The molecule has 0 bridgehead atoms. The number of aryl methyl sites for hydroxylation is 2. The predicted octanol–water partition coefficient (Wildman–Crippen LogP) is 2.82. The van der Waals surface area contributed by atoms with Crippen LogP contribution in [0.15, 0.2) is 21.9 Å². The van der Waals surface area contributed by atoms with Crippen LogP contribution in [0.1, 0.15) is 33.6 Å². The van der Waals surface area contributed by atoms with E-state index < -0.39 is 0 Å². The molecule has 0 fully saturated rings. The summed E-state index contributed by atoms with van der Waals surface area (Å²) in [5, 5.41) is 2.05. The van der Waals surface area contributed by atoms with Gasteiger partial charge in [-0.2, -0.15) is 0 Å². The second kappa shape index (κ2) is 4.41. The van der Waals surface area contributed by atoms with Crippen molar-refractivity contribution in [3.05, 3.63) is 45.0 Å². The maximum absolute atomic E-state index is 5.66. The van der Waals surface area contributed by atoms with E-state index in [0.717, 1.165) is 17.1 Å². The molecule has 0 saturated heterocycles. The van der Waals surface area contributed by atoms with E-state index in [2.05, 4.69) is 23.8 Å². The molecule has 16 heavy (non-hydrogen) atoms. The number of rotatable bonds is 3. The summed E-state index contributed by atoms with van der Waals surface area (Å²) in [6.45, 7) is 6.03. The molecule has 0 radical (unpaired) electrons. The van der Waals surface area contributed by atoms with Gasteiger partial charge in [0.2, 0.25) is 0 Å². The molecule has 1 atom stereocenters. The maximum Gasteiger partial charge on any atom is 0.106 e. The van der Waals surface area contributed by atoms with Gasteiger partial charge in [0.15, 0.2) is 0 Å². The molecule has 3 N–H and O–H groups in total. The van der Waals surface area contributed by atoms with E-state index in [1.807, 2.05) is 19.9 Å². The minimum Gasteiger partial charge on any atom is -0.466 e. The topological polar surface area (TPSA) is 51.2 Å². The lowest BCUT2D eigenvalue weighted by Gasteiger charge is -2.14. The largest absolute Gasteiger partial charge is 0.466 e. The Balaban J connectivity index is 2.49. The number of thiophene rings is 1. The van der Waals surface area contributed by atoms with Gasteiger partial charge in [0.05, 0.1) is 6.04 Å². The molecular formula is C12H16N2OS. The fraction of sp³-hybridized carbons (Fsp3) is 0.333. The highest BCUT2D eigenvalue weighted by molar-refractivity contribution is 7.10. The van der Waals surface area contributed by atoms with Crippen LogP contribution in [0, 0.1) is 20.8 Å². The zero-order chi connectivity index (χ0) is 11.7. The van der Waals surface area contributed by atoms with Crippen LogP contribution in [0.4, 0.5) is 0 Å². The van der Waals surface area contributed by atoms with Crippen molar-refractivity contribution in [3.8, 4) is 0 Å². The van der Waals surface area contributed by atoms with Gasteiger partial charge in [-0.3, -0.25) is 5.84 Å². The number of furan rings is 1. The summed E-state index contributed by atoms with van der Waals surface area (Å²) in [5.74, 6) is 7.56. The van der Waals surface area contributed by atoms with Crippen LogP contribution < -0.4 is 11.3 Å². The zero-order valence-corrected chi connectivity index (χ0v) is 10.5. The first-order chi connectivity index (χ1) is 7.65. The molecule has 0 aliphatic rings. The Bertz CT molecular complexity index is 473. The van der Waals surface area contributed by atoms with Crippen LogP contribution in [0.25, 0.3) is 0 Å². The molecule has 86 valence electrons. The van der Waals surface area contributed by atoms with E-state index in [4.69, 9.17) is 10.3 Å².